The monoisotopic (exact) mass is 412 g/mol. The minimum atomic E-state index is -1.24. The fourth-order valence-corrected chi connectivity index (χ4v) is 3.41. The first-order valence-corrected chi connectivity index (χ1v) is 8.80. The lowest BCUT2D eigenvalue weighted by atomic mass is 10.1. The van der Waals surface area contributed by atoms with Gasteiger partial charge in [-0.3, -0.25) is 0 Å². The van der Waals surface area contributed by atoms with Crippen LogP contribution in [0.4, 0.5) is 0 Å². The number of halogens is 1. The van der Waals surface area contributed by atoms with Crippen LogP contribution in [-0.4, -0.2) is 15.4 Å². The normalized spacial score (nSPS) is 13.7. The Bertz CT molecular complexity index is 665. The molecule has 0 aliphatic heterocycles. The maximum absolute atomic E-state index is 12.7. The van der Waals surface area contributed by atoms with E-state index in [1.54, 1.807) is 0 Å². The summed E-state index contributed by atoms with van der Waals surface area (Å²) in [5.74, 6) is 0. The number of aryl methyl sites for hydroxylation is 1. The number of aliphatic hydroxyl groups is 1. The molecule has 0 spiro atoms. The number of benzene rings is 2. The van der Waals surface area contributed by atoms with Crippen LogP contribution in [0.2, 0.25) is 0 Å². The van der Waals surface area contributed by atoms with E-state index in [1.165, 1.54) is 0 Å². The van der Waals surface area contributed by atoms with Gasteiger partial charge in [0.25, 0.3) is 0 Å². The van der Waals surface area contributed by atoms with Crippen molar-refractivity contribution in [3.05, 3.63) is 69.8 Å². The van der Waals surface area contributed by atoms with Crippen LogP contribution < -0.4 is 0 Å². The summed E-state index contributed by atoms with van der Waals surface area (Å²) in [5, 5.41) is 9.99. The molecule has 2 nitrogen and oxygen atoms in total. The van der Waals surface area contributed by atoms with Gasteiger partial charge in [0, 0.05) is 19.8 Å². The number of rotatable bonds is 5. The third-order valence-electron chi connectivity index (χ3n) is 3.18. The molecule has 0 fully saturated rings. The molecule has 110 valence electrons. The zero-order valence-corrected chi connectivity index (χ0v) is 14.7. The minimum absolute atomic E-state index is 0.426. The molecule has 0 radical (unpaired) electrons. The smallest absolute Gasteiger partial charge is 0.0881 e. The zero-order chi connectivity index (χ0) is 15.4. The summed E-state index contributed by atoms with van der Waals surface area (Å²) in [5.41, 5.74) is 2.03. The van der Waals surface area contributed by atoms with Crippen LogP contribution in [0.3, 0.4) is 0 Å². The van der Waals surface area contributed by atoms with Crippen LogP contribution in [0.25, 0.3) is 0 Å². The molecule has 0 saturated heterocycles. The summed E-state index contributed by atoms with van der Waals surface area (Å²) in [6.45, 7) is 5.76. The summed E-state index contributed by atoms with van der Waals surface area (Å²) in [6.07, 6.45) is -0.197. The van der Waals surface area contributed by atoms with E-state index < -0.39 is 16.9 Å². The fourth-order valence-electron chi connectivity index (χ4n) is 1.96. The second kappa shape index (κ2) is 7.33. The van der Waals surface area contributed by atoms with E-state index in [-0.39, 0.29) is 0 Å². The highest BCUT2D eigenvalue weighted by Gasteiger charge is 2.15. The summed E-state index contributed by atoms with van der Waals surface area (Å²) >= 11 is 2.02. The maximum atomic E-state index is 12.7. The Morgan fingerprint density at radius 1 is 1.24 bits per heavy atom. The lowest BCUT2D eigenvalue weighted by Gasteiger charge is -2.13. The van der Waals surface area contributed by atoms with Crippen LogP contribution in [-0.2, 0) is 17.2 Å². The highest BCUT2D eigenvalue weighted by atomic mass is 127. The molecule has 0 saturated carbocycles. The molecule has 2 rings (SSSR count). The van der Waals surface area contributed by atoms with Crippen molar-refractivity contribution in [2.75, 3.05) is 0 Å². The van der Waals surface area contributed by atoms with Gasteiger partial charge in [-0.2, -0.15) is 0 Å². The van der Waals surface area contributed by atoms with Crippen molar-refractivity contribution in [3.8, 4) is 0 Å². The molecule has 4 heteroatoms. The van der Waals surface area contributed by atoms with Gasteiger partial charge < -0.3 is 5.11 Å². The van der Waals surface area contributed by atoms with Gasteiger partial charge >= 0.3 is 0 Å². The Morgan fingerprint density at radius 2 is 1.86 bits per heavy atom. The number of hydrogen-bond acceptors (Lipinski definition) is 2. The second-order valence-electron chi connectivity index (χ2n) is 4.86. The molecule has 0 aliphatic carbocycles. The molecule has 21 heavy (non-hydrogen) atoms. The van der Waals surface area contributed by atoms with Crippen LogP contribution in [0, 0.1) is 6.92 Å². The molecule has 1 unspecified atom stereocenters. The highest BCUT2D eigenvalue weighted by Crippen LogP contribution is 2.23. The molecule has 2 aromatic rings. The first-order chi connectivity index (χ1) is 9.99. The van der Waals surface area contributed by atoms with Crippen molar-refractivity contribution in [2.45, 2.75) is 29.2 Å². The standard InChI is InChI=1S/C17H17IO2S/c1-12-7-9-15(10-8-12)21(20)17-6-4-3-5-14(17)11-16(19)13(2)18/h3-10,16,19H,2,11H2,1H3/t16-,21?/m1/s1. The lowest BCUT2D eigenvalue weighted by Crippen LogP contribution is -2.11. The van der Waals surface area contributed by atoms with E-state index in [1.807, 2.05) is 78.0 Å². The Balaban J connectivity index is 2.33. The topological polar surface area (TPSA) is 37.3 Å². The number of hydrogen-bond donors (Lipinski definition) is 1. The molecular formula is C17H17IO2S. The van der Waals surface area contributed by atoms with Gasteiger partial charge in [0.05, 0.1) is 16.9 Å². The fraction of sp³-hybridized carbons (Fsp3) is 0.176. The van der Waals surface area contributed by atoms with Crippen molar-refractivity contribution in [1.29, 1.82) is 0 Å². The van der Waals surface area contributed by atoms with Gasteiger partial charge in [0.2, 0.25) is 0 Å². The quantitative estimate of drug-likeness (QED) is 0.754. The van der Waals surface area contributed by atoms with Crippen molar-refractivity contribution in [2.24, 2.45) is 0 Å². The molecule has 0 aliphatic rings. The van der Waals surface area contributed by atoms with Crippen LogP contribution in [0.1, 0.15) is 11.1 Å². The highest BCUT2D eigenvalue weighted by molar-refractivity contribution is 14.1. The third kappa shape index (κ3) is 4.25. The van der Waals surface area contributed by atoms with Gasteiger partial charge in [-0.15, -0.1) is 0 Å². The molecular weight excluding hydrogens is 395 g/mol. The SMILES string of the molecule is C=C(I)[C@H](O)Cc1ccccc1S(=O)c1ccc(C)cc1. The van der Waals surface area contributed by atoms with Crippen LogP contribution in [0.5, 0.6) is 0 Å². The van der Waals surface area contributed by atoms with Gasteiger partial charge in [-0.1, -0.05) is 42.5 Å². The Kier molecular flexibility index (Phi) is 5.72. The molecule has 2 aromatic carbocycles. The van der Waals surface area contributed by atoms with E-state index in [9.17, 15) is 9.32 Å². The summed E-state index contributed by atoms with van der Waals surface area (Å²) in [7, 11) is -1.24. The Hall–Kier alpha value is -0.980. The van der Waals surface area contributed by atoms with Gasteiger partial charge in [0.15, 0.2) is 0 Å². The van der Waals surface area contributed by atoms with E-state index >= 15 is 0 Å². The van der Waals surface area contributed by atoms with E-state index in [2.05, 4.69) is 6.58 Å². The maximum Gasteiger partial charge on any atom is 0.0881 e. The summed E-state index contributed by atoms with van der Waals surface area (Å²) < 4.78 is 13.4. The molecule has 0 amide bonds. The van der Waals surface area contributed by atoms with E-state index in [0.717, 1.165) is 20.9 Å². The predicted molar refractivity (Wildman–Crippen MR) is 95.2 cm³/mol. The van der Waals surface area contributed by atoms with Gasteiger partial charge in [-0.05, 0) is 53.3 Å². The molecule has 1 N–H and O–H groups in total. The Labute approximate surface area is 141 Å². The first kappa shape index (κ1) is 16.4. The molecule has 0 aromatic heterocycles. The Morgan fingerprint density at radius 3 is 2.48 bits per heavy atom. The lowest BCUT2D eigenvalue weighted by molar-refractivity contribution is 0.221. The van der Waals surface area contributed by atoms with E-state index in [4.69, 9.17) is 0 Å². The van der Waals surface area contributed by atoms with Crippen LogP contribution in [0.15, 0.2) is 68.5 Å². The van der Waals surface area contributed by atoms with Crippen molar-refractivity contribution >= 4 is 33.4 Å². The van der Waals surface area contributed by atoms with Gasteiger partial charge in [0.1, 0.15) is 0 Å². The molecule has 0 bridgehead atoms. The average molecular weight is 412 g/mol. The van der Waals surface area contributed by atoms with Crippen molar-refractivity contribution in [3.63, 3.8) is 0 Å². The summed E-state index contributed by atoms with van der Waals surface area (Å²) in [4.78, 5) is 1.52. The van der Waals surface area contributed by atoms with Crippen molar-refractivity contribution < 1.29 is 9.32 Å². The third-order valence-corrected chi connectivity index (χ3v) is 5.40. The van der Waals surface area contributed by atoms with Crippen LogP contribution >= 0.6 is 22.6 Å². The van der Waals surface area contributed by atoms with Gasteiger partial charge in [-0.25, -0.2) is 4.21 Å². The predicted octanol–water partition coefficient (Wildman–Crippen LogP) is 4.01. The average Bonchev–Trinajstić information content (AvgIpc) is 2.47. The zero-order valence-electron chi connectivity index (χ0n) is 11.8. The second-order valence-corrected chi connectivity index (χ2v) is 7.69. The molecule has 2 atom stereocenters. The first-order valence-electron chi connectivity index (χ1n) is 6.57. The van der Waals surface area contributed by atoms with E-state index in [0.29, 0.717) is 10.0 Å². The largest absolute Gasteiger partial charge is 0.388 e. The molecule has 0 heterocycles. The van der Waals surface area contributed by atoms with Crippen molar-refractivity contribution in [1.82, 2.24) is 0 Å². The summed E-state index contributed by atoms with van der Waals surface area (Å²) in [6, 6.07) is 15.2. The number of aliphatic hydroxyl groups excluding tert-OH is 1. The minimum Gasteiger partial charge on any atom is -0.388 e.